The molecule has 0 aliphatic heterocycles. The first-order valence-electron chi connectivity index (χ1n) is 4.83. The number of benzene rings is 1. The predicted octanol–water partition coefficient (Wildman–Crippen LogP) is 2.41. The highest BCUT2D eigenvalue weighted by Crippen LogP contribution is 2.18. The third-order valence-electron chi connectivity index (χ3n) is 2.02. The van der Waals surface area contributed by atoms with Crippen molar-refractivity contribution in [2.24, 2.45) is 10.7 Å². The van der Waals surface area contributed by atoms with E-state index in [1.165, 1.54) is 0 Å². The summed E-state index contributed by atoms with van der Waals surface area (Å²) in [5, 5.41) is 0. The summed E-state index contributed by atoms with van der Waals surface area (Å²) in [4.78, 5) is 8.54. The monoisotopic (exact) mass is 219 g/mol. The topological polar surface area (TPSA) is 51.3 Å². The van der Waals surface area contributed by atoms with Crippen molar-refractivity contribution >= 4 is 27.4 Å². The zero-order valence-corrected chi connectivity index (χ0v) is 9.58. The van der Waals surface area contributed by atoms with Gasteiger partial charge in [-0.25, -0.2) is 4.98 Å². The lowest BCUT2D eigenvalue weighted by atomic mass is 10.2. The highest BCUT2D eigenvalue weighted by molar-refractivity contribution is 7.16. The van der Waals surface area contributed by atoms with Crippen LogP contribution in [0.4, 0.5) is 0 Å². The van der Waals surface area contributed by atoms with E-state index in [9.17, 15) is 0 Å². The maximum atomic E-state index is 5.89. The van der Waals surface area contributed by atoms with Gasteiger partial charge in [-0.2, -0.15) is 0 Å². The van der Waals surface area contributed by atoms with Crippen LogP contribution in [0.25, 0.3) is 10.2 Å². The number of fused-ring (bicyclic) bond motifs is 1. The molecule has 0 aliphatic carbocycles. The lowest BCUT2D eigenvalue weighted by Gasteiger charge is -2.02. The van der Waals surface area contributed by atoms with E-state index in [2.05, 4.69) is 9.98 Å². The van der Waals surface area contributed by atoms with Crippen molar-refractivity contribution in [1.82, 2.24) is 4.98 Å². The fourth-order valence-corrected chi connectivity index (χ4v) is 2.08. The standard InChI is InChI=1S/C11H13N3S/c1-7(2)14-11(12)8-3-4-9-10(5-8)15-6-13-9/h3-7H,1-2H3,(H2,12,14). The SMILES string of the molecule is CC(C)N=C(N)c1ccc2ncsc2c1. The summed E-state index contributed by atoms with van der Waals surface area (Å²) in [5.74, 6) is 0.598. The Labute approximate surface area is 92.7 Å². The number of amidine groups is 1. The van der Waals surface area contributed by atoms with E-state index in [-0.39, 0.29) is 6.04 Å². The molecule has 0 radical (unpaired) electrons. The van der Waals surface area contributed by atoms with Crippen molar-refractivity contribution < 1.29 is 0 Å². The lowest BCUT2D eigenvalue weighted by Crippen LogP contribution is -2.15. The Balaban J connectivity index is 2.43. The highest BCUT2D eigenvalue weighted by atomic mass is 32.1. The molecular weight excluding hydrogens is 206 g/mol. The molecule has 78 valence electrons. The van der Waals surface area contributed by atoms with Crippen LogP contribution in [0.1, 0.15) is 19.4 Å². The molecule has 0 spiro atoms. The molecule has 0 saturated carbocycles. The Morgan fingerprint density at radius 3 is 3.00 bits per heavy atom. The van der Waals surface area contributed by atoms with Gasteiger partial charge in [-0.05, 0) is 32.0 Å². The maximum Gasteiger partial charge on any atom is 0.125 e. The van der Waals surface area contributed by atoms with Crippen LogP contribution in [-0.4, -0.2) is 16.9 Å². The van der Waals surface area contributed by atoms with Gasteiger partial charge in [-0.15, -0.1) is 11.3 Å². The van der Waals surface area contributed by atoms with Crippen molar-refractivity contribution in [1.29, 1.82) is 0 Å². The van der Waals surface area contributed by atoms with Gasteiger partial charge in [0.1, 0.15) is 5.84 Å². The first-order chi connectivity index (χ1) is 7.16. The van der Waals surface area contributed by atoms with Crippen LogP contribution in [0.2, 0.25) is 0 Å². The molecule has 0 atom stereocenters. The second-order valence-electron chi connectivity index (χ2n) is 3.64. The van der Waals surface area contributed by atoms with E-state index in [1.54, 1.807) is 11.3 Å². The Hall–Kier alpha value is -1.42. The molecule has 0 saturated heterocycles. The molecule has 0 unspecified atom stereocenters. The molecule has 1 aromatic heterocycles. The summed E-state index contributed by atoms with van der Waals surface area (Å²) in [5.41, 5.74) is 9.71. The first-order valence-corrected chi connectivity index (χ1v) is 5.71. The molecule has 4 heteroatoms. The minimum absolute atomic E-state index is 0.224. The Morgan fingerprint density at radius 1 is 1.47 bits per heavy atom. The quantitative estimate of drug-likeness (QED) is 0.623. The molecule has 0 bridgehead atoms. The normalized spacial score (nSPS) is 12.6. The Morgan fingerprint density at radius 2 is 2.27 bits per heavy atom. The second-order valence-corrected chi connectivity index (χ2v) is 4.53. The first kappa shape index (κ1) is 10.1. The van der Waals surface area contributed by atoms with Crippen LogP contribution in [0, 0.1) is 0 Å². The second kappa shape index (κ2) is 3.98. The van der Waals surface area contributed by atoms with E-state index in [1.807, 2.05) is 37.6 Å². The smallest absolute Gasteiger partial charge is 0.125 e. The van der Waals surface area contributed by atoms with E-state index >= 15 is 0 Å². The van der Waals surface area contributed by atoms with Crippen molar-refractivity contribution in [3.05, 3.63) is 29.3 Å². The molecule has 15 heavy (non-hydrogen) atoms. The van der Waals surface area contributed by atoms with Crippen LogP contribution in [0.5, 0.6) is 0 Å². The molecule has 2 aromatic rings. The van der Waals surface area contributed by atoms with Crippen LogP contribution >= 0.6 is 11.3 Å². The Kier molecular flexibility index (Phi) is 2.68. The van der Waals surface area contributed by atoms with Gasteiger partial charge in [-0.3, -0.25) is 4.99 Å². The molecule has 1 aromatic carbocycles. The third kappa shape index (κ3) is 2.15. The molecular formula is C11H13N3S. The summed E-state index contributed by atoms with van der Waals surface area (Å²) in [6, 6.07) is 6.20. The van der Waals surface area contributed by atoms with Crippen LogP contribution in [0.15, 0.2) is 28.7 Å². The van der Waals surface area contributed by atoms with Crippen molar-refractivity contribution in [2.75, 3.05) is 0 Å². The van der Waals surface area contributed by atoms with Crippen LogP contribution in [-0.2, 0) is 0 Å². The van der Waals surface area contributed by atoms with Gasteiger partial charge in [0.2, 0.25) is 0 Å². The Bertz CT molecular complexity index is 499. The fourth-order valence-electron chi connectivity index (χ4n) is 1.37. The van der Waals surface area contributed by atoms with Gasteiger partial charge >= 0.3 is 0 Å². The number of hydrogen-bond acceptors (Lipinski definition) is 3. The van der Waals surface area contributed by atoms with Gasteiger partial charge in [0.05, 0.1) is 15.7 Å². The number of aliphatic imine (C=N–C) groups is 1. The minimum Gasteiger partial charge on any atom is -0.383 e. The van der Waals surface area contributed by atoms with E-state index < -0.39 is 0 Å². The summed E-state index contributed by atoms with van der Waals surface area (Å²) < 4.78 is 1.15. The molecule has 0 aliphatic rings. The van der Waals surface area contributed by atoms with E-state index in [0.29, 0.717) is 5.84 Å². The van der Waals surface area contributed by atoms with Crippen LogP contribution in [0.3, 0.4) is 0 Å². The van der Waals surface area contributed by atoms with Crippen LogP contribution < -0.4 is 5.73 Å². The maximum absolute atomic E-state index is 5.89. The molecule has 0 fully saturated rings. The molecule has 1 heterocycles. The average molecular weight is 219 g/mol. The minimum atomic E-state index is 0.224. The van der Waals surface area contributed by atoms with E-state index in [0.717, 1.165) is 15.8 Å². The number of rotatable bonds is 2. The number of thiazole rings is 1. The summed E-state index contributed by atoms with van der Waals surface area (Å²) in [7, 11) is 0. The van der Waals surface area contributed by atoms with Crippen molar-refractivity contribution in [3.63, 3.8) is 0 Å². The average Bonchev–Trinajstić information content (AvgIpc) is 2.62. The van der Waals surface area contributed by atoms with Gasteiger partial charge < -0.3 is 5.73 Å². The summed E-state index contributed by atoms with van der Waals surface area (Å²) in [6.45, 7) is 4.02. The molecule has 3 nitrogen and oxygen atoms in total. The van der Waals surface area contributed by atoms with Crippen molar-refractivity contribution in [3.8, 4) is 0 Å². The number of nitrogens with zero attached hydrogens (tertiary/aromatic N) is 2. The molecule has 2 N–H and O–H groups in total. The summed E-state index contributed by atoms with van der Waals surface area (Å²) >= 11 is 1.62. The van der Waals surface area contributed by atoms with Gasteiger partial charge in [-0.1, -0.05) is 0 Å². The summed E-state index contributed by atoms with van der Waals surface area (Å²) in [6.07, 6.45) is 0. The highest BCUT2D eigenvalue weighted by Gasteiger charge is 2.02. The van der Waals surface area contributed by atoms with Crippen molar-refractivity contribution in [2.45, 2.75) is 19.9 Å². The van der Waals surface area contributed by atoms with Gasteiger partial charge in [0.25, 0.3) is 0 Å². The zero-order valence-electron chi connectivity index (χ0n) is 8.77. The predicted molar refractivity (Wildman–Crippen MR) is 65.5 cm³/mol. The van der Waals surface area contributed by atoms with Gasteiger partial charge in [0, 0.05) is 11.6 Å². The largest absolute Gasteiger partial charge is 0.383 e. The van der Waals surface area contributed by atoms with Gasteiger partial charge in [0.15, 0.2) is 0 Å². The molecule has 2 rings (SSSR count). The number of hydrogen-bond donors (Lipinski definition) is 1. The number of nitrogens with two attached hydrogens (primary N) is 1. The zero-order chi connectivity index (χ0) is 10.8. The van der Waals surface area contributed by atoms with E-state index in [4.69, 9.17) is 5.73 Å². The lowest BCUT2D eigenvalue weighted by molar-refractivity contribution is 0.834. The third-order valence-corrected chi connectivity index (χ3v) is 2.82. The molecule has 0 amide bonds. The fraction of sp³-hybridized carbons (Fsp3) is 0.273. The number of aromatic nitrogens is 1.